The molecule has 3 nitrogen and oxygen atoms in total. The number of hydrogen-bond donors (Lipinski definition) is 0. The van der Waals surface area contributed by atoms with Gasteiger partial charge in [-0.3, -0.25) is 0 Å². The zero-order valence-electron chi connectivity index (χ0n) is 9.88. The van der Waals surface area contributed by atoms with Crippen LogP contribution in [0.3, 0.4) is 0 Å². The molecule has 1 unspecified atom stereocenters. The zero-order valence-corrected chi connectivity index (χ0v) is 11.5. The summed E-state index contributed by atoms with van der Waals surface area (Å²) in [5.41, 5.74) is 0.668. The molecule has 0 aliphatic heterocycles. The van der Waals surface area contributed by atoms with E-state index in [4.69, 9.17) is 14.7 Å². The van der Waals surface area contributed by atoms with Gasteiger partial charge in [-0.1, -0.05) is 22.9 Å². The summed E-state index contributed by atoms with van der Waals surface area (Å²) in [6.07, 6.45) is 0. The van der Waals surface area contributed by atoms with Gasteiger partial charge < -0.3 is 9.47 Å². The second-order valence-electron chi connectivity index (χ2n) is 3.63. The van der Waals surface area contributed by atoms with Gasteiger partial charge in [-0.05, 0) is 6.07 Å². The van der Waals surface area contributed by atoms with Gasteiger partial charge in [-0.25, -0.2) is 4.39 Å². The fourth-order valence-corrected chi connectivity index (χ4v) is 2.49. The molecule has 92 valence electrons. The van der Waals surface area contributed by atoms with Gasteiger partial charge in [0.2, 0.25) is 0 Å². The molecule has 0 saturated heterocycles. The summed E-state index contributed by atoms with van der Waals surface area (Å²) in [6, 6.07) is 3.10. The van der Waals surface area contributed by atoms with E-state index in [2.05, 4.69) is 15.9 Å². The van der Waals surface area contributed by atoms with Crippen LogP contribution in [-0.2, 0) is 4.74 Å². The topological polar surface area (TPSA) is 42.2 Å². The molecule has 0 fully saturated rings. The van der Waals surface area contributed by atoms with Crippen molar-refractivity contribution in [3.8, 4) is 11.8 Å². The van der Waals surface area contributed by atoms with Crippen molar-refractivity contribution in [1.29, 1.82) is 5.26 Å². The van der Waals surface area contributed by atoms with Gasteiger partial charge in [0, 0.05) is 23.1 Å². The molecule has 1 aromatic rings. The predicted molar refractivity (Wildman–Crippen MR) is 65.7 cm³/mol. The third kappa shape index (κ3) is 2.76. The first kappa shape index (κ1) is 13.9. The number of hydrogen-bond acceptors (Lipinski definition) is 3. The fraction of sp³-hybridized carbons (Fsp3) is 0.417. The monoisotopic (exact) mass is 301 g/mol. The minimum atomic E-state index is -0.593. The second kappa shape index (κ2) is 5.99. The van der Waals surface area contributed by atoms with Gasteiger partial charge in [0.05, 0.1) is 13.7 Å². The van der Waals surface area contributed by atoms with Crippen LogP contribution in [0.15, 0.2) is 10.5 Å². The molecule has 0 heterocycles. The van der Waals surface area contributed by atoms with Gasteiger partial charge in [0.15, 0.2) is 0 Å². The fourth-order valence-electron chi connectivity index (χ4n) is 1.72. The highest BCUT2D eigenvalue weighted by atomic mass is 79.9. The highest BCUT2D eigenvalue weighted by Crippen LogP contribution is 2.37. The maximum absolute atomic E-state index is 13.6. The molecule has 1 aromatic carbocycles. The van der Waals surface area contributed by atoms with E-state index in [1.807, 2.05) is 13.0 Å². The summed E-state index contributed by atoms with van der Waals surface area (Å²) in [6.45, 7) is 2.39. The predicted octanol–water partition coefficient (Wildman–Crippen LogP) is 3.22. The molecule has 0 bridgehead atoms. The van der Waals surface area contributed by atoms with Crippen LogP contribution in [0.25, 0.3) is 0 Å². The Morgan fingerprint density at radius 3 is 2.65 bits per heavy atom. The number of rotatable bonds is 4. The van der Waals surface area contributed by atoms with E-state index in [9.17, 15) is 4.39 Å². The lowest BCUT2D eigenvalue weighted by Gasteiger charge is -2.18. The van der Waals surface area contributed by atoms with Gasteiger partial charge >= 0.3 is 0 Å². The molecule has 17 heavy (non-hydrogen) atoms. The average Bonchev–Trinajstić information content (AvgIpc) is 2.28. The minimum absolute atomic E-state index is 0.00275. The first-order chi connectivity index (χ1) is 8.06. The van der Waals surface area contributed by atoms with E-state index in [0.29, 0.717) is 11.1 Å². The summed E-state index contributed by atoms with van der Waals surface area (Å²) >= 11 is 3.29. The van der Waals surface area contributed by atoms with Crippen LogP contribution in [0.2, 0.25) is 0 Å². The third-order valence-electron chi connectivity index (χ3n) is 2.45. The van der Waals surface area contributed by atoms with Crippen molar-refractivity contribution in [3.05, 3.63) is 27.5 Å². The molecule has 0 aliphatic carbocycles. The standard InChI is InChI=1S/C12H13BrFNO2/c1-7(6-16-2)11-9(13)4-10(14)8(5-15)12(11)17-3/h4,7H,6H2,1-3H3. The summed E-state index contributed by atoms with van der Waals surface area (Å²) in [5.74, 6) is -0.328. The molecule has 0 N–H and O–H groups in total. The number of nitriles is 1. The van der Waals surface area contributed by atoms with Gasteiger partial charge in [-0.2, -0.15) is 5.26 Å². The molecular formula is C12H13BrFNO2. The highest BCUT2D eigenvalue weighted by molar-refractivity contribution is 9.10. The van der Waals surface area contributed by atoms with Gasteiger partial charge in [0.25, 0.3) is 0 Å². The molecule has 1 rings (SSSR count). The normalized spacial score (nSPS) is 12.0. The SMILES string of the molecule is COCC(C)c1c(Br)cc(F)c(C#N)c1OC. The van der Waals surface area contributed by atoms with Crippen LogP contribution < -0.4 is 4.74 Å². The smallest absolute Gasteiger partial charge is 0.145 e. The Kier molecular flexibility index (Phi) is 4.91. The van der Waals surface area contributed by atoms with Crippen molar-refractivity contribution in [1.82, 2.24) is 0 Å². The van der Waals surface area contributed by atoms with Crippen LogP contribution in [0, 0.1) is 17.1 Å². The molecule has 0 aliphatic rings. The summed E-state index contributed by atoms with van der Waals surface area (Å²) < 4.78 is 24.4. The minimum Gasteiger partial charge on any atom is -0.495 e. The van der Waals surface area contributed by atoms with Crippen LogP contribution in [0.4, 0.5) is 4.39 Å². The molecule has 1 atom stereocenters. The molecule has 0 aromatic heterocycles. The molecule has 0 spiro atoms. The molecule has 5 heteroatoms. The van der Waals surface area contributed by atoms with Crippen molar-refractivity contribution < 1.29 is 13.9 Å². The van der Waals surface area contributed by atoms with E-state index in [0.717, 1.165) is 5.56 Å². The first-order valence-electron chi connectivity index (χ1n) is 5.01. The number of benzene rings is 1. The average molecular weight is 302 g/mol. The van der Waals surface area contributed by atoms with Crippen molar-refractivity contribution >= 4 is 15.9 Å². The Morgan fingerprint density at radius 1 is 1.53 bits per heavy atom. The lowest BCUT2D eigenvalue weighted by molar-refractivity contribution is 0.182. The lowest BCUT2D eigenvalue weighted by Crippen LogP contribution is -2.07. The number of methoxy groups -OCH3 is 2. The van der Waals surface area contributed by atoms with Crippen molar-refractivity contribution in [3.63, 3.8) is 0 Å². The Hall–Kier alpha value is -1.12. The Labute approximate surface area is 108 Å². The van der Waals surface area contributed by atoms with Gasteiger partial charge in [0.1, 0.15) is 23.2 Å². The van der Waals surface area contributed by atoms with E-state index >= 15 is 0 Å². The Bertz CT molecular complexity index is 457. The first-order valence-corrected chi connectivity index (χ1v) is 5.81. The van der Waals surface area contributed by atoms with E-state index in [1.165, 1.54) is 13.2 Å². The number of nitrogens with zero attached hydrogens (tertiary/aromatic N) is 1. The molecule has 0 radical (unpaired) electrons. The molecule has 0 saturated carbocycles. The summed E-state index contributed by atoms with van der Waals surface area (Å²) in [4.78, 5) is 0. The number of halogens is 2. The highest BCUT2D eigenvalue weighted by Gasteiger charge is 2.22. The molecular weight excluding hydrogens is 289 g/mol. The van der Waals surface area contributed by atoms with E-state index in [-0.39, 0.29) is 17.2 Å². The van der Waals surface area contributed by atoms with Crippen LogP contribution >= 0.6 is 15.9 Å². The molecule has 0 amide bonds. The Balaban J connectivity index is 3.43. The van der Waals surface area contributed by atoms with Crippen molar-refractivity contribution in [2.24, 2.45) is 0 Å². The summed E-state index contributed by atoms with van der Waals surface area (Å²) in [7, 11) is 3.01. The van der Waals surface area contributed by atoms with Crippen LogP contribution in [0.1, 0.15) is 24.0 Å². The van der Waals surface area contributed by atoms with Gasteiger partial charge in [-0.15, -0.1) is 0 Å². The third-order valence-corrected chi connectivity index (χ3v) is 3.10. The zero-order chi connectivity index (χ0) is 13.0. The lowest BCUT2D eigenvalue weighted by atomic mass is 9.98. The van der Waals surface area contributed by atoms with Crippen molar-refractivity contribution in [2.45, 2.75) is 12.8 Å². The van der Waals surface area contributed by atoms with Crippen LogP contribution in [0.5, 0.6) is 5.75 Å². The number of ether oxygens (including phenoxy) is 2. The van der Waals surface area contributed by atoms with Crippen LogP contribution in [-0.4, -0.2) is 20.8 Å². The van der Waals surface area contributed by atoms with E-state index < -0.39 is 5.82 Å². The van der Waals surface area contributed by atoms with E-state index in [1.54, 1.807) is 7.11 Å². The maximum Gasteiger partial charge on any atom is 0.145 e. The van der Waals surface area contributed by atoms with Crippen molar-refractivity contribution in [2.75, 3.05) is 20.8 Å². The largest absolute Gasteiger partial charge is 0.495 e. The second-order valence-corrected chi connectivity index (χ2v) is 4.48. The Morgan fingerprint density at radius 2 is 2.18 bits per heavy atom. The quantitative estimate of drug-likeness (QED) is 0.857. The maximum atomic E-state index is 13.6. The summed E-state index contributed by atoms with van der Waals surface area (Å²) in [5, 5.41) is 8.94.